The number of rotatable bonds is 4. The van der Waals surface area contributed by atoms with Gasteiger partial charge >= 0.3 is 0 Å². The maximum atomic E-state index is 10.6. The molecule has 2 fully saturated rings. The molecular formula is C23H29N3O5. The van der Waals surface area contributed by atoms with Crippen LogP contribution >= 0.6 is 0 Å². The summed E-state index contributed by atoms with van der Waals surface area (Å²) >= 11 is 0. The third-order valence-corrected chi connectivity index (χ3v) is 6.47. The van der Waals surface area contributed by atoms with E-state index in [1.54, 1.807) is 13.3 Å². The number of aliphatic hydroxyl groups is 1. The van der Waals surface area contributed by atoms with E-state index >= 15 is 0 Å². The molecule has 0 amide bonds. The molecule has 31 heavy (non-hydrogen) atoms. The van der Waals surface area contributed by atoms with Gasteiger partial charge in [0.2, 0.25) is 0 Å². The van der Waals surface area contributed by atoms with Crippen LogP contribution in [-0.4, -0.2) is 70.8 Å². The Kier molecular flexibility index (Phi) is 6.58. The molecule has 2 aliphatic heterocycles. The van der Waals surface area contributed by atoms with E-state index in [-0.39, 0.29) is 18.6 Å². The summed E-state index contributed by atoms with van der Waals surface area (Å²) in [5.41, 5.74) is 2.38. The van der Waals surface area contributed by atoms with Crippen molar-refractivity contribution in [1.29, 1.82) is 0 Å². The Hall–Kier alpha value is -2.84. The summed E-state index contributed by atoms with van der Waals surface area (Å²) in [6, 6.07) is 7.98. The topological polar surface area (TPSA) is 97.0 Å². The summed E-state index contributed by atoms with van der Waals surface area (Å²) in [5.74, 6) is 2.96. The van der Waals surface area contributed by atoms with Crippen LogP contribution in [0.1, 0.15) is 24.4 Å². The Balaban J connectivity index is 0.000000730. The normalized spacial score (nSPS) is 27.1. The SMILES string of the molecule is COc1ccc2c(c1)C=C(CN1C[C@H]3C[C@@H](n4cccn4)[C@H](O)C[C@H]3C1)CO2.O=CO. The lowest BCUT2D eigenvalue weighted by Crippen LogP contribution is -2.36. The van der Waals surface area contributed by atoms with Gasteiger partial charge in [0, 0.05) is 37.6 Å². The van der Waals surface area contributed by atoms with Crippen molar-refractivity contribution in [3.05, 3.63) is 47.8 Å². The first-order valence-corrected chi connectivity index (χ1v) is 10.6. The fourth-order valence-electron chi connectivity index (χ4n) is 5.10. The van der Waals surface area contributed by atoms with Crippen molar-refractivity contribution >= 4 is 12.5 Å². The molecular weight excluding hydrogens is 398 g/mol. The summed E-state index contributed by atoms with van der Waals surface area (Å²) in [6.07, 6.45) is 7.56. The second kappa shape index (κ2) is 9.53. The minimum atomic E-state index is -0.308. The van der Waals surface area contributed by atoms with E-state index in [0.717, 1.165) is 49.5 Å². The van der Waals surface area contributed by atoms with Gasteiger partial charge in [0.15, 0.2) is 0 Å². The van der Waals surface area contributed by atoms with E-state index in [1.807, 2.05) is 35.1 Å². The summed E-state index contributed by atoms with van der Waals surface area (Å²) in [7, 11) is 1.69. The van der Waals surface area contributed by atoms with Crippen molar-refractivity contribution in [2.75, 3.05) is 33.4 Å². The first-order chi connectivity index (χ1) is 15.1. The van der Waals surface area contributed by atoms with Crippen molar-refractivity contribution < 1.29 is 24.5 Å². The monoisotopic (exact) mass is 427 g/mol. The van der Waals surface area contributed by atoms with E-state index in [9.17, 15) is 5.11 Å². The van der Waals surface area contributed by atoms with E-state index < -0.39 is 0 Å². The molecule has 0 radical (unpaired) electrons. The molecule has 1 saturated heterocycles. The van der Waals surface area contributed by atoms with E-state index in [2.05, 4.69) is 16.1 Å². The van der Waals surface area contributed by atoms with Gasteiger partial charge in [-0.15, -0.1) is 0 Å². The fourth-order valence-corrected chi connectivity index (χ4v) is 5.10. The highest BCUT2D eigenvalue weighted by molar-refractivity contribution is 5.64. The molecule has 5 rings (SSSR count). The Labute approximate surface area is 181 Å². The molecule has 8 nitrogen and oxygen atoms in total. The lowest BCUT2D eigenvalue weighted by molar-refractivity contribution is -0.122. The molecule has 2 aromatic rings. The van der Waals surface area contributed by atoms with Crippen LogP contribution in [0.15, 0.2) is 42.2 Å². The summed E-state index contributed by atoms with van der Waals surface area (Å²) in [6.45, 7) is 3.45. The van der Waals surface area contributed by atoms with Gasteiger partial charge in [-0.2, -0.15) is 5.10 Å². The predicted molar refractivity (Wildman–Crippen MR) is 115 cm³/mol. The zero-order valence-electron chi connectivity index (χ0n) is 17.6. The van der Waals surface area contributed by atoms with Gasteiger partial charge in [0.05, 0.1) is 19.3 Å². The largest absolute Gasteiger partial charge is 0.497 e. The molecule has 3 aliphatic rings. The highest BCUT2D eigenvalue weighted by Crippen LogP contribution is 2.41. The standard InChI is InChI=1S/C22H27N3O3.CH2O2/c1-27-19-3-4-22-16(8-19)7-15(14-28-22)11-24-12-17-9-20(25-6-2-5-23-25)21(26)10-18(17)13-24;2-1-3/h2-8,17-18,20-21,26H,9-14H2,1H3;1H,(H,2,3)/t17-,18+,20-,21-;/m1./s1. The third kappa shape index (κ3) is 4.75. The average Bonchev–Trinajstić information content (AvgIpc) is 3.42. The van der Waals surface area contributed by atoms with Crippen LogP contribution < -0.4 is 9.47 Å². The van der Waals surface area contributed by atoms with E-state index in [4.69, 9.17) is 19.4 Å². The third-order valence-electron chi connectivity index (χ3n) is 6.47. The first kappa shape index (κ1) is 21.4. The van der Waals surface area contributed by atoms with E-state index in [1.165, 1.54) is 5.57 Å². The number of hydrogen-bond donors (Lipinski definition) is 2. The highest BCUT2D eigenvalue weighted by Gasteiger charge is 2.42. The number of fused-ring (bicyclic) bond motifs is 2. The van der Waals surface area contributed by atoms with Crippen molar-refractivity contribution in [2.45, 2.75) is 25.0 Å². The Morgan fingerprint density at radius 3 is 2.77 bits per heavy atom. The zero-order chi connectivity index (χ0) is 21.8. The maximum absolute atomic E-state index is 10.6. The number of aliphatic hydroxyl groups excluding tert-OH is 1. The fraction of sp³-hybridized carbons (Fsp3) is 0.478. The Morgan fingerprint density at radius 1 is 1.29 bits per heavy atom. The van der Waals surface area contributed by atoms with Gasteiger partial charge in [-0.3, -0.25) is 14.4 Å². The predicted octanol–water partition coefficient (Wildman–Crippen LogP) is 2.31. The minimum Gasteiger partial charge on any atom is -0.497 e. The molecule has 0 spiro atoms. The second-order valence-electron chi connectivity index (χ2n) is 8.41. The highest BCUT2D eigenvalue weighted by atomic mass is 16.5. The lowest BCUT2D eigenvalue weighted by atomic mass is 9.77. The zero-order valence-corrected chi connectivity index (χ0v) is 17.6. The number of nitrogens with zero attached hydrogens (tertiary/aromatic N) is 3. The molecule has 3 heterocycles. The summed E-state index contributed by atoms with van der Waals surface area (Å²) in [4.78, 5) is 10.9. The lowest BCUT2D eigenvalue weighted by Gasteiger charge is -2.35. The molecule has 1 saturated carbocycles. The van der Waals surface area contributed by atoms with E-state index in [0.29, 0.717) is 18.4 Å². The molecule has 8 heteroatoms. The van der Waals surface area contributed by atoms with Crippen LogP contribution in [0.3, 0.4) is 0 Å². The van der Waals surface area contributed by atoms with Gasteiger partial charge in [-0.05, 0) is 60.6 Å². The first-order valence-electron chi connectivity index (χ1n) is 10.6. The van der Waals surface area contributed by atoms with Crippen LogP contribution in [0.4, 0.5) is 0 Å². The molecule has 166 valence electrons. The van der Waals surface area contributed by atoms with Gasteiger partial charge < -0.3 is 19.7 Å². The maximum Gasteiger partial charge on any atom is 0.290 e. The second-order valence-corrected chi connectivity index (χ2v) is 8.41. The van der Waals surface area contributed by atoms with Gasteiger partial charge in [0.1, 0.15) is 18.1 Å². The number of aromatic nitrogens is 2. The number of carboxylic acid groups (broad SMARTS) is 1. The Morgan fingerprint density at radius 2 is 2.06 bits per heavy atom. The minimum absolute atomic E-state index is 0.104. The average molecular weight is 428 g/mol. The molecule has 1 aromatic carbocycles. The molecule has 2 N–H and O–H groups in total. The number of methoxy groups -OCH3 is 1. The number of benzene rings is 1. The van der Waals surface area contributed by atoms with Crippen molar-refractivity contribution in [1.82, 2.24) is 14.7 Å². The molecule has 1 aliphatic carbocycles. The van der Waals surface area contributed by atoms with Crippen molar-refractivity contribution in [3.8, 4) is 11.5 Å². The molecule has 0 unspecified atom stereocenters. The smallest absolute Gasteiger partial charge is 0.290 e. The van der Waals surface area contributed by atoms with Crippen LogP contribution in [0.2, 0.25) is 0 Å². The quantitative estimate of drug-likeness (QED) is 0.723. The Bertz CT molecular complexity index is 914. The van der Waals surface area contributed by atoms with Crippen LogP contribution in [0.25, 0.3) is 6.08 Å². The molecule has 4 atom stereocenters. The number of likely N-dealkylation sites (tertiary alicyclic amines) is 1. The summed E-state index contributed by atoms with van der Waals surface area (Å²) < 4.78 is 13.2. The summed E-state index contributed by atoms with van der Waals surface area (Å²) in [5, 5.41) is 21.9. The van der Waals surface area contributed by atoms with Crippen LogP contribution in [-0.2, 0) is 4.79 Å². The van der Waals surface area contributed by atoms with Crippen molar-refractivity contribution in [3.63, 3.8) is 0 Å². The molecule has 1 aromatic heterocycles. The molecule has 0 bridgehead atoms. The van der Waals surface area contributed by atoms with Crippen molar-refractivity contribution in [2.24, 2.45) is 11.8 Å². The van der Waals surface area contributed by atoms with Gasteiger partial charge in [0.25, 0.3) is 6.47 Å². The van der Waals surface area contributed by atoms with Crippen LogP contribution in [0, 0.1) is 11.8 Å². The van der Waals surface area contributed by atoms with Gasteiger partial charge in [-0.25, -0.2) is 0 Å². The number of ether oxygens (including phenoxy) is 2. The van der Waals surface area contributed by atoms with Gasteiger partial charge in [-0.1, -0.05) is 0 Å². The number of hydrogen-bond acceptors (Lipinski definition) is 6. The van der Waals surface area contributed by atoms with Crippen LogP contribution in [0.5, 0.6) is 11.5 Å². The number of carbonyl (C=O) groups is 1.